The van der Waals surface area contributed by atoms with Crippen LogP contribution in [-0.2, 0) is 4.79 Å². The molecule has 29 heavy (non-hydrogen) atoms. The first-order valence-electron chi connectivity index (χ1n) is 9.65. The first kappa shape index (κ1) is 20.6. The maximum Gasteiger partial charge on any atom is 0.234 e. The van der Waals surface area contributed by atoms with E-state index in [4.69, 9.17) is 4.98 Å². The highest BCUT2D eigenvalue weighted by Gasteiger charge is 2.18. The van der Waals surface area contributed by atoms with Gasteiger partial charge in [-0.1, -0.05) is 42.0 Å². The van der Waals surface area contributed by atoms with Crippen LogP contribution in [0.3, 0.4) is 0 Å². The number of thioether (sulfide) groups is 1. The number of nitrogens with one attached hydrogen (secondary N) is 1. The third-order valence-corrected chi connectivity index (χ3v) is 7.65. The number of amides is 1. The fraction of sp³-hybridized carbons (Fsp3) is 0.400. The van der Waals surface area contributed by atoms with E-state index in [0.29, 0.717) is 5.65 Å². The minimum absolute atomic E-state index is 0.0661. The van der Waals surface area contributed by atoms with Gasteiger partial charge in [0.05, 0.1) is 11.4 Å². The lowest BCUT2D eigenvalue weighted by molar-refractivity contribution is -0.113. The highest BCUT2D eigenvalue weighted by molar-refractivity contribution is 9.10. The fourth-order valence-corrected chi connectivity index (χ4v) is 5.80. The van der Waals surface area contributed by atoms with Crippen LogP contribution in [0.15, 0.2) is 34.0 Å². The quantitative estimate of drug-likeness (QED) is 0.387. The molecule has 152 valence electrons. The molecule has 3 aromatic rings. The number of aryl methyl sites for hydroxylation is 1. The number of rotatable bonds is 5. The highest BCUT2D eigenvalue weighted by atomic mass is 79.9. The lowest BCUT2D eigenvalue weighted by Gasteiger charge is -2.18. The third-order valence-electron chi connectivity index (χ3n) is 4.76. The molecule has 1 aromatic carbocycles. The summed E-state index contributed by atoms with van der Waals surface area (Å²) in [5, 5.41) is 4.77. The van der Waals surface area contributed by atoms with Crippen molar-refractivity contribution in [3.8, 4) is 0 Å². The molecule has 0 spiro atoms. The smallest absolute Gasteiger partial charge is 0.234 e. The van der Waals surface area contributed by atoms with E-state index in [2.05, 4.69) is 36.1 Å². The van der Waals surface area contributed by atoms with Gasteiger partial charge in [-0.25, -0.2) is 9.97 Å². The van der Waals surface area contributed by atoms with Gasteiger partial charge < -0.3 is 10.2 Å². The molecular weight excluding hydrogens is 470 g/mol. The molecule has 1 aliphatic heterocycles. The number of halogens is 1. The largest absolute Gasteiger partial charge is 0.348 e. The standard InChI is InChI=1S/C20H22BrN5OS2/c1-13-6-7-15(14(21)10-13)24-16(27)11-28-19-17-18(22-12-23-19)25-20(29-17)26-8-4-2-3-5-9-26/h6-7,10,12H,2-5,8-9,11H2,1H3,(H,24,27). The molecule has 0 radical (unpaired) electrons. The molecule has 0 aliphatic carbocycles. The van der Waals surface area contributed by atoms with Crippen molar-refractivity contribution >= 4 is 66.1 Å². The molecule has 0 atom stereocenters. The second-order valence-corrected chi connectivity index (χ2v) is 9.85. The number of benzene rings is 1. The van der Waals surface area contributed by atoms with Crippen LogP contribution in [0.4, 0.5) is 10.8 Å². The zero-order chi connectivity index (χ0) is 20.2. The van der Waals surface area contributed by atoms with Crippen LogP contribution in [-0.4, -0.2) is 39.7 Å². The van der Waals surface area contributed by atoms with Gasteiger partial charge in [0, 0.05) is 17.6 Å². The van der Waals surface area contributed by atoms with Crippen molar-refractivity contribution in [1.82, 2.24) is 15.0 Å². The Labute approximate surface area is 186 Å². The molecule has 4 rings (SSSR count). The highest BCUT2D eigenvalue weighted by Crippen LogP contribution is 2.34. The summed E-state index contributed by atoms with van der Waals surface area (Å²) in [4.78, 5) is 28.3. The number of fused-ring (bicyclic) bond motifs is 1. The van der Waals surface area contributed by atoms with Crippen LogP contribution in [0.1, 0.15) is 31.2 Å². The maximum absolute atomic E-state index is 12.4. The van der Waals surface area contributed by atoms with Gasteiger partial charge in [0.1, 0.15) is 16.1 Å². The Morgan fingerprint density at radius 3 is 2.79 bits per heavy atom. The SMILES string of the molecule is Cc1ccc(NC(=O)CSc2ncnc3nc(N4CCCCCC4)sc23)c(Br)c1. The van der Waals surface area contributed by atoms with E-state index in [0.717, 1.165) is 43.7 Å². The monoisotopic (exact) mass is 491 g/mol. The van der Waals surface area contributed by atoms with Gasteiger partial charge in [-0.05, 0) is 53.4 Å². The summed E-state index contributed by atoms with van der Waals surface area (Å²) in [7, 11) is 0. The summed E-state index contributed by atoms with van der Waals surface area (Å²) in [5.74, 6) is 0.215. The summed E-state index contributed by atoms with van der Waals surface area (Å²) in [6.07, 6.45) is 6.52. The van der Waals surface area contributed by atoms with Crippen molar-refractivity contribution in [3.05, 3.63) is 34.6 Å². The van der Waals surface area contributed by atoms with Gasteiger partial charge >= 0.3 is 0 Å². The fourth-order valence-electron chi connectivity index (χ4n) is 3.26. The molecule has 1 aliphatic rings. The van der Waals surface area contributed by atoms with Gasteiger partial charge in [-0.3, -0.25) is 4.79 Å². The maximum atomic E-state index is 12.4. The van der Waals surface area contributed by atoms with E-state index in [9.17, 15) is 4.79 Å². The van der Waals surface area contributed by atoms with Crippen molar-refractivity contribution < 1.29 is 4.79 Å². The predicted octanol–water partition coefficient (Wildman–Crippen LogP) is 5.27. The number of nitrogens with zero attached hydrogens (tertiary/aromatic N) is 4. The predicted molar refractivity (Wildman–Crippen MR) is 124 cm³/mol. The van der Waals surface area contributed by atoms with Crippen LogP contribution in [0.2, 0.25) is 0 Å². The number of carbonyl (C=O) groups is 1. The van der Waals surface area contributed by atoms with E-state index in [-0.39, 0.29) is 11.7 Å². The first-order valence-corrected chi connectivity index (χ1v) is 12.2. The Kier molecular flexibility index (Phi) is 6.67. The molecule has 1 amide bonds. The minimum Gasteiger partial charge on any atom is -0.348 e. The normalized spacial score (nSPS) is 14.8. The second-order valence-electron chi connectivity index (χ2n) is 7.05. The van der Waals surface area contributed by atoms with Gasteiger partial charge in [0.2, 0.25) is 5.91 Å². The van der Waals surface area contributed by atoms with Crippen molar-refractivity contribution in [3.63, 3.8) is 0 Å². The van der Waals surface area contributed by atoms with E-state index < -0.39 is 0 Å². The Bertz CT molecular complexity index is 1020. The van der Waals surface area contributed by atoms with Crippen LogP contribution in [0.5, 0.6) is 0 Å². The van der Waals surface area contributed by atoms with Crippen molar-refractivity contribution in [2.75, 3.05) is 29.1 Å². The summed E-state index contributed by atoms with van der Waals surface area (Å²) < 4.78 is 1.84. The average molecular weight is 492 g/mol. The Hall–Kier alpha value is -1.71. The van der Waals surface area contributed by atoms with Gasteiger partial charge in [-0.2, -0.15) is 4.98 Å². The van der Waals surface area contributed by atoms with Gasteiger partial charge in [0.15, 0.2) is 10.8 Å². The van der Waals surface area contributed by atoms with Crippen LogP contribution in [0.25, 0.3) is 10.3 Å². The summed E-state index contributed by atoms with van der Waals surface area (Å²) in [5.41, 5.74) is 2.63. The van der Waals surface area contributed by atoms with E-state index in [1.807, 2.05) is 25.1 Å². The molecule has 1 fully saturated rings. The first-order chi connectivity index (χ1) is 14.1. The summed E-state index contributed by atoms with van der Waals surface area (Å²) in [6, 6.07) is 5.86. The number of thiazole rings is 1. The van der Waals surface area contributed by atoms with E-state index in [1.165, 1.54) is 43.8 Å². The zero-order valence-corrected chi connectivity index (χ0v) is 19.4. The number of carbonyl (C=O) groups excluding carboxylic acids is 1. The number of aromatic nitrogens is 3. The molecule has 0 unspecified atom stereocenters. The van der Waals surface area contributed by atoms with Crippen molar-refractivity contribution in [1.29, 1.82) is 0 Å². The Morgan fingerprint density at radius 1 is 1.24 bits per heavy atom. The van der Waals surface area contributed by atoms with Gasteiger partial charge in [-0.15, -0.1) is 0 Å². The van der Waals surface area contributed by atoms with Crippen LogP contribution < -0.4 is 10.2 Å². The molecule has 1 saturated heterocycles. The molecule has 0 bridgehead atoms. The number of hydrogen-bond donors (Lipinski definition) is 1. The number of anilines is 2. The Balaban J connectivity index is 1.45. The van der Waals surface area contributed by atoms with Crippen LogP contribution >= 0.6 is 39.0 Å². The van der Waals surface area contributed by atoms with Gasteiger partial charge in [0.25, 0.3) is 0 Å². The van der Waals surface area contributed by atoms with Crippen LogP contribution in [0, 0.1) is 6.92 Å². The molecule has 0 saturated carbocycles. The molecular formula is C20H22BrN5OS2. The van der Waals surface area contributed by atoms with E-state index in [1.54, 1.807) is 11.3 Å². The lowest BCUT2D eigenvalue weighted by atomic mass is 10.2. The topological polar surface area (TPSA) is 71.0 Å². The molecule has 1 N–H and O–H groups in total. The molecule has 6 nitrogen and oxygen atoms in total. The summed E-state index contributed by atoms with van der Waals surface area (Å²) in [6.45, 7) is 4.11. The molecule has 9 heteroatoms. The van der Waals surface area contributed by atoms with Crippen molar-refractivity contribution in [2.45, 2.75) is 37.6 Å². The number of hydrogen-bond acceptors (Lipinski definition) is 7. The Morgan fingerprint density at radius 2 is 2.03 bits per heavy atom. The molecule has 3 heterocycles. The van der Waals surface area contributed by atoms with Crippen molar-refractivity contribution in [2.24, 2.45) is 0 Å². The van der Waals surface area contributed by atoms with E-state index >= 15 is 0 Å². The second kappa shape index (κ2) is 9.40. The average Bonchev–Trinajstić information content (AvgIpc) is 2.96. The minimum atomic E-state index is -0.0661. The summed E-state index contributed by atoms with van der Waals surface area (Å²) >= 11 is 6.55. The molecule has 2 aromatic heterocycles. The third kappa shape index (κ3) is 5.07. The lowest BCUT2D eigenvalue weighted by Crippen LogP contribution is -2.23. The zero-order valence-electron chi connectivity index (χ0n) is 16.2.